The van der Waals surface area contributed by atoms with Crippen LogP contribution < -0.4 is 5.32 Å². The number of ketones is 1. The third-order valence-electron chi connectivity index (χ3n) is 2.74. The van der Waals surface area contributed by atoms with Crippen molar-refractivity contribution >= 4 is 5.78 Å². The van der Waals surface area contributed by atoms with Crippen LogP contribution in [0.15, 0.2) is 0 Å². The molecule has 1 heterocycles. The normalized spacial score (nSPS) is 30.5. The Kier molecular flexibility index (Phi) is 2.33. The summed E-state index contributed by atoms with van der Waals surface area (Å²) >= 11 is 0. The molecular formula is C9H17NO. The van der Waals surface area contributed by atoms with Crippen LogP contribution in [0.2, 0.25) is 0 Å². The molecule has 1 aliphatic rings. The third kappa shape index (κ3) is 1.45. The first-order valence-electron chi connectivity index (χ1n) is 4.35. The van der Waals surface area contributed by atoms with Gasteiger partial charge in [-0.3, -0.25) is 4.79 Å². The second kappa shape index (κ2) is 2.94. The van der Waals surface area contributed by atoms with E-state index in [4.69, 9.17) is 0 Å². The van der Waals surface area contributed by atoms with Crippen molar-refractivity contribution in [2.45, 2.75) is 39.7 Å². The summed E-state index contributed by atoms with van der Waals surface area (Å²) in [5, 5.41) is 3.37. The average Bonchev–Trinajstić information content (AvgIpc) is 1.95. The average molecular weight is 155 g/mol. The number of Topliss-reactive ketones (excluding diaryl/α,β-unsaturated/α-hetero) is 1. The highest BCUT2D eigenvalue weighted by molar-refractivity contribution is 5.85. The molecule has 1 unspecified atom stereocenters. The first-order chi connectivity index (χ1) is 5.09. The Labute approximate surface area is 68.4 Å². The SMILES string of the molecule is CCC1NCCC(=O)C1(C)C. The summed E-state index contributed by atoms with van der Waals surface area (Å²) in [5.74, 6) is 0.406. The molecule has 2 nitrogen and oxygen atoms in total. The van der Waals surface area contributed by atoms with Gasteiger partial charge in [-0.15, -0.1) is 0 Å². The van der Waals surface area contributed by atoms with E-state index < -0.39 is 0 Å². The van der Waals surface area contributed by atoms with Gasteiger partial charge in [-0.1, -0.05) is 20.8 Å². The van der Waals surface area contributed by atoms with Gasteiger partial charge in [0.15, 0.2) is 0 Å². The van der Waals surface area contributed by atoms with Crippen LogP contribution in [0.25, 0.3) is 0 Å². The quantitative estimate of drug-likeness (QED) is 0.619. The largest absolute Gasteiger partial charge is 0.313 e. The van der Waals surface area contributed by atoms with Crippen LogP contribution in [0.4, 0.5) is 0 Å². The highest BCUT2D eigenvalue weighted by Gasteiger charge is 2.37. The number of piperidine rings is 1. The number of nitrogens with one attached hydrogen (secondary N) is 1. The molecule has 1 saturated heterocycles. The van der Waals surface area contributed by atoms with Gasteiger partial charge >= 0.3 is 0 Å². The Bertz CT molecular complexity index is 163. The topological polar surface area (TPSA) is 29.1 Å². The van der Waals surface area contributed by atoms with E-state index in [2.05, 4.69) is 12.2 Å². The van der Waals surface area contributed by atoms with Crippen molar-refractivity contribution in [2.24, 2.45) is 5.41 Å². The molecule has 0 amide bonds. The van der Waals surface area contributed by atoms with E-state index in [1.54, 1.807) is 0 Å². The fourth-order valence-electron chi connectivity index (χ4n) is 1.79. The van der Waals surface area contributed by atoms with Gasteiger partial charge in [0.1, 0.15) is 5.78 Å². The van der Waals surface area contributed by atoms with Crippen LogP contribution >= 0.6 is 0 Å². The maximum Gasteiger partial charge on any atom is 0.141 e. The zero-order valence-electron chi connectivity index (χ0n) is 7.61. The van der Waals surface area contributed by atoms with Crippen LogP contribution in [-0.2, 0) is 4.79 Å². The molecule has 2 heteroatoms. The van der Waals surface area contributed by atoms with Gasteiger partial charge in [0, 0.05) is 24.4 Å². The van der Waals surface area contributed by atoms with Gasteiger partial charge in [0.05, 0.1) is 0 Å². The molecule has 11 heavy (non-hydrogen) atoms. The predicted octanol–water partition coefficient (Wildman–Crippen LogP) is 1.35. The fourth-order valence-corrected chi connectivity index (χ4v) is 1.79. The maximum absolute atomic E-state index is 11.4. The van der Waals surface area contributed by atoms with E-state index in [1.165, 1.54) is 0 Å². The summed E-state index contributed by atoms with van der Waals surface area (Å²) in [6.45, 7) is 7.06. The highest BCUT2D eigenvalue weighted by Crippen LogP contribution is 2.28. The van der Waals surface area contributed by atoms with Crippen molar-refractivity contribution in [1.29, 1.82) is 0 Å². The minimum atomic E-state index is -0.146. The van der Waals surface area contributed by atoms with Crippen LogP contribution in [0.5, 0.6) is 0 Å². The molecule has 1 atom stereocenters. The fraction of sp³-hybridized carbons (Fsp3) is 0.889. The summed E-state index contributed by atoms with van der Waals surface area (Å²) in [6, 6.07) is 0.378. The van der Waals surface area contributed by atoms with Crippen molar-refractivity contribution in [3.63, 3.8) is 0 Å². The van der Waals surface area contributed by atoms with Crippen LogP contribution in [0.1, 0.15) is 33.6 Å². The Hall–Kier alpha value is -0.370. The van der Waals surface area contributed by atoms with E-state index in [0.717, 1.165) is 13.0 Å². The lowest BCUT2D eigenvalue weighted by Gasteiger charge is -2.37. The highest BCUT2D eigenvalue weighted by atomic mass is 16.1. The van der Waals surface area contributed by atoms with Gasteiger partial charge in [0.25, 0.3) is 0 Å². The first kappa shape index (κ1) is 8.72. The molecule has 64 valence electrons. The number of carbonyl (C=O) groups is 1. The molecule has 0 aromatic rings. The van der Waals surface area contributed by atoms with Gasteiger partial charge in [0.2, 0.25) is 0 Å². The molecule has 0 radical (unpaired) electrons. The van der Waals surface area contributed by atoms with Crippen molar-refractivity contribution < 1.29 is 4.79 Å². The monoisotopic (exact) mass is 155 g/mol. The second-order valence-electron chi connectivity index (χ2n) is 3.81. The van der Waals surface area contributed by atoms with E-state index in [-0.39, 0.29) is 5.41 Å². The molecule has 1 fully saturated rings. The van der Waals surface area contributed by atoms with E-state index in [9.17, 15) is 4.79 Å². The molecule has 0 aromatic heterocycles. The zero-order valence-corrected chi connectivity index (χ0v) is 7.61. The summed E-state index contributed by atoms with van der Waals surface area (Å²) < 4.78 is 0. The predicted molar refractivity (Wildman–Crippen MR) is 45.5 cm³/mol. The lowest BCUT2D eigenvalue weighted by atomic mass is 9.75. The van der Waals surface area contributed by atoms with Gasteiger partial charge in [-0.05, 0) is 6.42 Å². The van der Waals surface area contributed by atoms with Crippen molar-refractivity contribution in [2.75, 3.05) is 6.54 Å². The number of carbonyl (C=O) groups excluding carboxylic acids is 1. The minimum absolute atomic E-state index is 0.146. The molecule has 1 rings (SSSR count). The van der Waals surface area contributed by atoms with Crippen LogP contribution in [0, 0.1) is 5.41 Å². The lowest BCUT2D eigenvalue weighted by Crippen LogP contribution is -2.51. The van der Waals surface area contributed by atoms with E-state index >= 15 is 0 Å². The molecule has 0 aliphatic carbocycles. The Balaban J connectivity index is 2.72. The maximum atomic E-state index is 11.4. The number of hydrogen-bond acceptors (Lipinski definition) is 2. The Morgan fingerprint density at radius 2 is 2.27 bits per heavy atom. The second-order valence-corrected chi connectivity index (χ2v) is 3.81. The van der Waals surface area contributed by atoms with E-state index in [1.807, 2.05) is 13.8 Å². The standard InChI is InChI=1S/C9H17NO/c1-4-7-9(2,3)8(11)5-6-10-7/h7,10H,4-6H2,1-3H3. The van der Waals surface area contributed by atoms with Gasteiger partial charge in [-0.2, -0.15) is 0 Å². The summed E-state index contributed by atoms with van der Waals surface area (Å²) in [6.07, 6.45) is 1.74. The smallest absolute Gasteiger partial charge is 0.141 e. The van der Waals surface area contributed by atoms with Crippen molar-refractivity contribution in [1.82, 2.24) is 5.32 Å². The van der Waals surface area contributed by atoms with Crippen LogP contribution in [-0.4, -0.2) is 18.4 Å². The molecular weight excluding hydrogens is 138 g/mol. The molecule has 0 spiro atoms. The van der Waals surface area contributed by atoms with Crippen LogP contribution in [0.3, 0.4) is 0 Å². The van der Waals surface area contributed by atoms with Gasteiger partial charge in [-0.25, -0.2) is 0 Å². The first-order valence-corrected chi connectivity index (χ1v) is 4.35. The molecule has 0 bridgehead atoms. The summed E-state index contributed by atoms with van der Waals surface area (Å²) in [5.41, 5.74) is -0.146. The molecule has 1 N–H and O–H groups in total. The number of rotatable bonds is 1. The minimum Gasteiger partial charge on any atom is -0.313 e. The Morgan fingerprint density at radius 1 is 1.64 bits per heavy atom. The van der Waals surface area contributed by atoms with Gasteiger partial charge < -0.3 is 5.32 Å². The van der Waals surface area contributed by atoms with Crippen molar-refractivity contribution in [3.05, 3.63) is 0 Å². The Morgan fingerprint density at radius 3 is 2.73 bits per heavy atom. The van der Waals surface area contributed by atoms with Crippen molar-refractivity contribution in [3.8, 4) is 0 Å². The summed E-state index contributed by atoms with van der Waals surface area (Å²) in [7, 11) is 0. The number of hydrogen-bond donors (Lipinski definition) is 1. The third-order valence-corrected chi connectivity index (χ3v) is 2.74. The lowest BCUT2D eigenvalue weighted by molar-refractivity contribution is -0.130. The van der Waals surface area contributed by atoms with E-state index in [0.29, 0.717) is 18.2 Å². The molecule has 0 aromatic carbocycles. The molecule has 0 saturated carbocycles. The molecule has 1 aliphatic heterocycles. The zero-order chi connectivity index (χ0) is 8.48. The summed E-state index contributed by atoms with van der Waals surface area (Å²) in [4.78, 5) is 11.4.